The van der Waals surface area contributed by atoms with Gasteiger partial charge in [-0.2, -0.15) is 0 Å². The Bertz CT molecular complexity index is 441. The molecule has 1 aromatic carbocycles. The van der Waals surface area contributed by atoms with Gasteiger partial charge in [-0.05, 0) is 17.2 Å². The van der Waals surface area contributed by atoms with E-state index in [1.54, 1.807) is 18.3 Å². The fourth-order valence-corrected chi connectivity index (χ4v) is 1.69. The normalized spacial score (nSPS) is 12.9. The quantitative estimate of drug-likeness (QED) is 0.593. The molecule has 0 unspecified atom stereocenters. The number of nitro groups is 1. The number of aliphatic hydroxyl groups excluding tert-OH is 1. The zero-order valence-electron chi connectivity index (χ0n) is 8.01. The van der Waals surface area contributed by atoms with Crippen molar-refractivity contribution >= 4 is 11.9 Å². The van der Waals surface area contributed by atoms with Gasteiger partial charge in [-0.3, -0.25) is 15.1 Å². The third kappa shape index (κ3) is 1.73. The molecule has 1 aliphatic heterocycles. The van der Waals surface area contributed by atoms with Gasteiger partial charge in [0.1, 0.15) is 0 Å². The highest BCUT2D eigenvalue weighted by Gasteiger charge is 2.18. The van der Waals surface area contributed by atoms with Crippen LogP contribution in [-0.4, -0.2) is 22.9 Å². The Morgan fingerprint density at radius 3 is 3.00 bits per heavy atom. The highest BCUT2D eigenvalue weighted by molar-refractivity contribution is 5.85. The second-order valence-corrected chi connectivity index (χ2v) is 3.38. The van der Waals surface area contributed by atoms with Crippen molar-refractivity contribution in [2.45, 2.75) is 13.0 Å². The molecule has 0 aliphatic carbocycles. The molecule has 1 heterocycles. The van der Waals surface area contributed by atoms with Crippen LogP contribution in [0.4, 0.5) is 5.69 Å². The molecule has 0 spiro atoms. The van der Waals surface area contributed by atoms with E-state index >= 15 is 0 Å². The minimum atomic E-state index is -0.413. The average molecular weight is 206 g/mol. The van der Waals surface area contributed by atoms with Crippen molar-refractivity contribution in [2.75, 3.05) is 6.61 Å². The largest absolute Gasteiger partial charge is 0.396 e. The van der Waals surface area contributed by atoms with Crippen molar-refractivity contribution in [1.29, 1.82) is 0 Å². The second-order valence-electron chi connectivity index (χ2n) is 3.38. The molecule has 0 radical (unpaired) electrons. The highest BCUT2D eigenvalue weighted by atomic mass is 16.6. The number of nitro benzene ring substituents is 1. The summed E-state index contributed by atoms with van der Waals surface area (Å²) in [7, 11) is 0. The van der Waals surface area contributed by atoms with Crippen molar-refractivity contribution in [2.24, 2.45) is 4.99 Å². The number of benzene rings is 1. The molecule has 0 aromatic heterocycles. The molecular weight excluding hydrogens is 196 g/mol. The summed E-state index contributed by atoms with van der Waals surface area (Å²) in [4.78, 5) is 14.4. The Kier molecular flexibility index (Phi) is 2.47. The van der Waals surface area contributed by atoms with Gasteiger partial charge in [-0.1, -0.05) is 0 Å². The summed E-state index contributed by atoms with van der Waals surface area (Å²) in [5.74, 6) is 0. The number of hydrogen-bond donors (Lipinski definition) is 1. The third-order valence-corrected chi connectivity index (χ3v) is 2.41. The van der Waals surface area contributed by atoms with Crippen molar-refractivity contribution in [3.63, 3.8) is 0 Å². The van der Waals surface area contributed by atoms with Crippen LogP contribution in [0, 0.1) is 10.1 Å². The van der Waals surface area contributed by atoms with Crippen LogP contribution in [-0.2, 0) is 13.0 Å². The van der Waals surface area contributed by atoms with Gasteiger partial charge in [0.25, 0.3) is 5.69 Å². The Morgan fingerprint density at radius 1 is 1.53 bits per heavy atom. The summed E-state index contributed by atoms with van der Waals surface area (Å²) < 4.78 is 0. The minimum absolute atomic E-state index is 0.0771. The summed E-state index contributed by atoms with van der Waals surface area (Å²) in [6, 6.07) is 3.29. The number of hydrogen-bond acceptors (Lipinski definition) is 4. The van der Waals surface area contributed by atoms with E-state index in [2.05, 4.69) is 4.99 Å². The number of nitrogens with zero attached hydrogens (tertiary/aromatic N) is 2. The molecule has 78 valence electrons. The standard InChI is InChI=1S/C10H10N2O3/c13-2-1-7-3-8-5-11-6-9(8)4-10(7)12(14)15/h3-5,13H,1-2,6H2. The first-order chi connectivity index (χ1) is 7.22. The van der Waals surface area contributed by atoms with E-state index in [9.17, 15) is 10.1 Å². The van der Waals surface area contributed by atoms with Gasteiger partial charge in [0.2, 0.25) is 0 Å². The van der Waals surface area contributed by atoms with Crippen LogP contribution in [0.2, 0.25) is 0 Å². The van der Waals surface area contributed by atoms with Gasteiger partial charge in [0, 0.05) is 30.9 Å². The van der Waals surface area contributed by atoms with Gasteiger partial charge < -0.3 is 5.11 Å². The zero-order valence-corrected chi connectivity index (χ0v) is 8.01. The second kappa shape index (κ2) is 3.78. The molecule has 0 atom stereocenters. The SMILES string of the molecule is O=[N+]([O-])c1cc2c(cc1CCO)C=NC2. The topological polar surface area (TPSA) is 75.7 Å². The molecule has 1 aromatic rings. The van der Waals surface area contributed by atoms with Gasteiger partial charge >= 0.3 is 0 Å². The Balaban J connectivity index is 2.50. The zero-order chi connectivity index (χ0) is 10.8. The maximum Gasteiger partial charge on any atom is 0.273 e. The van der Waals surface area contributed by atoms with Crippen molar-refractivity contribution in [1.82, 2.24) is 0 Å². The van der Waals surface area contributed by atoms with Gasteiger partial charge in [0.15, 0.2) is 0 Å². The van der Waals surface area contributed by atoms with E-state index in [4.69, 9.17) is 5.11 Å². The molecule has 0 amide bonds. The number of fused-ring (bicyclic) bond motifs is 1. The molecule has 0 saturated heterocycles. The van der Waals surface area contributed by atoms with Gasteiger partial charge in [-0.25, -0.2) is 0 Å². The summed E-state index contributed by atoms with van der Waals surface area (Å²) in [6.07, 6.45) is 2.01. The lowest BCUT2D eigenvalue weighted by Gasteiger charge is -2.04. The molecule has 1 N–H and O–H groups in total. The summed E-state index contributed by atoms with van der Waals surface area (Å²) >= 11 is 0. The van der Waals surface area contributed by atoms with E-state index in [1.807, 2.05) is 0 Å². The molecule has 0 fully saturated rings. The van der Waals surface area contributed by atoms with Crippen molar-refractivity contribution < 1.29 is 10.0 Å². The Labute approximate surface area is 86.2 Å². The monoisotopic (exact) mass is 206 g/mol. The molecule has 0 bridgehead atoms. The molecular formula is C10H10N2O3. The molecule has 2 rings (SSSR count). The lowest BCUT2D eigenvalue weighted by molar-refractivity contribution is -0.385. The summed E-state index contributed by atoms with van der Waals surface area (Å²) in [5, 5.41) is 19.6. The van der Waals surface area contributed by atoms with Crippen LogP contribution in [0.1, 0.15) is 16.7 Å². The highest BCUT2D eigenvalue weighted by Crippen LogP contribution is 2.26. The number of aliphatic imine (C=N–C) groups is 1. The van der Waals surface area contributed by atoms with Crippen LogP contribution >= 0.6 is 0 Å². The third-order valence-electron chi connectivity index (χ3n) is 2.41. The predicted octanol–water partition coefficient (Wildman–Crippen LogP) is 1.06. The van der Waals surface area contributed by atoms with Gasteiger partial charge in [0.05, 0.1) is 11.5 Å². The average Bonchev–Trinajstić information content (AvgIpc) is 2.63. The maximum atomic E-state index is 10.8. The van der Waals surface area contributed by atoms with Crippen LogP contribution < -0.4 is 0 Å². The van der Waals surface area contributed by atoms with Crippen LogP contribution in [0.5, 0.6) is 0 Å². The minimum Gasteiger partial charge on any atom is -0.396 e. The molecule has 5 heteroatoms. The van der Waals surface area contributed by atoms with Crippen molar-refractivity contribution in [3.8, 4) is 0 Å². The molecule has 0 saturated carbocycles. The molecule has 5 nitrogen and oxygen atoms in total. The van der Waals surface area contributed by atoms with Crippen LogP contribution in [0.25, 0.3) is 0 Å². The fourth-order valence-electron chi connectivity index (χ4n) is 1.69. The van der Waals surface area contributed by atoms with Gasteiger partial charge in [-0.15, -0.1) is 0 Å². The number of rotatable bonds is 3. The smallest absolute Gasteiger partial charge is 0.273 e. The molecule has 15 heavy (non-hydrogen) atoms. The molecule has 1 aliphatic rings. The Hall–Kier alpha value is -1.75. The maximum absolute atomic E-state index is 10.8. The van der Waals surface area contributed by atoms with E-state index in [-0.39, 0.29) is 12.3 Å². The first kappa shape index (κ1) is 9.79. The summed E-state index contributed by atoms with van der Waals surface area (Å²) in [6.45, 7) is 0.423. The predicted molar refractivity (Wildman–Crippen MR) is 55.2 cm³/mol. The van der Waals surface area contributed by atoms with E-state index in [0.29, 0.717) is 18.5 Å². The van der Waals surface area contributed by atoms with E-state index < -0.39 is 4.92 Å². The lowest BCUT2D eigenvalue weighted by Crippen LogP contribution is -2.01. The fraction of sp³-hybridized carbons (Fsp3) is 0.300. The van der Waals surface area contributed by atoms with Crippen LogP contribution in [0.3, 0.4) is 0 Å². The first-order valence-corrected chi connectivity index (χ1v) is 4.63. The van der Waals surface area contributed by atoms with Crippen LogP contribution in [0.15, 0.2) is 17.1 Å². The lowest BCUT2D eigenvalue weighted by atomic mass is 10.0. The van der Waals surface area contributed by atoms with E-state index in [0.717, 1.165) is 11.1 Å². The first-order valence-electron chi connectivity index (χ1n) is 4.63. The van der Waals surface area contributed by atoms with Crippen molar-refractivity contribution in [3.05, 3.63) is 38.9 Å². The summed E-state index contributed by atoms with van der Waals surface area (Å²) in [5.41, 5.74) is 2.44. The van der Waals surface area contributed by atoms with E-state index in [1.165, 1.54) is 0 Å². The number of aliphatic hydroxyl groups is 1. The Morgan fingerprint density at radius 2 is 2.33 bits per heavy atom.